The second-order valence-corrected chi connectivity index (χ2v) is 8.61. The van der Waals surface area contributed by atoms with Crippen LogP contribution in [0.1, 0.15) is 29.9 Å². The van der Waals surface area contributed by atoms with Crippen LogP contribution in [0.25, 0.3) is 0 Å². The lowest BCUT2D eigenvalue weighted by Gasteiger charge is -2.38. The minimum Gasteiger partial charge on any atom is -0.463 e. The summed E-state index contributed by atoms with van der Waals surface area (Å²) < 4.78 is 9.82. The highest BCUT2D eigenvalue weighted by Gasteiger charge is 2.46. The number of carbonyl (C=O) groups is 2. The summed E-state index contributed by atoms with van der Waals surface area (Å²) in [6, 6.07) is 2.69. The molecule has 2 aromatic heterocycles. The number of allylic oxidation sites excluding steroid dienone is 6. The third-order valence-electron chi connectivity index (χ3n) is 5.91. The Kier molecular flexibility index (Phi) is 4.26. The van der Waals surface area contributed by atoms with Crippen molar-refractivity contribution >= 4 is 34.2 Å². The average Bonchev–Trinajstić information content (AvgIpc) is 3.30. The maximum atomic E-state index is 13.1. The smallest absolute Gasteiger partial charge is 0.347 e. The predicted octanol–water partition coefficient (Wildman–Crippen LogP) is 0.870. The van der Waals surface area contributed by atoms with Crippen LogP contribution < -0.4 is 11.4 Å². The molecule has 0 radical (unpaired) electrons. The molecule has 1 N–H and O–H groups in total. The Morgan fingerprint density at radius 1 is 1.20 bits per heavy atom. The second-order valence-electron chi connectivity index (χ2n) is 7.45. The lowest BCUT2D eigenvalue weighted by atomic mass is 9.70. The summed E-state index contributed by atoms with van der Waals surface area (Å²) in [5.74, 6) is -0.464. The van der Waals surface area contributed by atoms with Gasteiger partial charge in [-0.2, -0.15) is 0 Å². The van der Waals surface area contributed by atoms with Crippen molar-refractivity contribution in [2.24, 2.45) is 7.05 Å². The van der Waals surface area contributed by atoms with Crippen molar-refractivity contribution in [2.45, 2.75) is 31.5 Å². The molecular formula is C20H16IN3O6. The van der Waals surface area contributed by atoms with Gasteiger partial charge in [0.05, 0.1) is 22.1 Å². The van der Waals surface area contributed by atoms with E-state index in [4.69, 9.17) is 4.42 Å². The molecule has 3 aliphatic rings. The predicted molar refractivity (Wildman–Crippen MR) is 112 cm³/mol. The first-order valence-electron chi connectivity index (χ1n) is 9.30. The molecule has 2 atom stereocenters. The number of nitrogens with zero attached hydrogens (tertiary/aromatic N) is 3. The molecule has 0 fully saturated rings. The maximum absolute atomic E-state index is 13.1. The number of fused-ring (bicyclic) bond motifs is 3. The van der Waals surface area contributed by atoms with Gasteiger partial charge in [-0.25, -0.2) is 23.5 Å². The van der Waals surface area contributed by atoms with Crippen molar-refractivity contribution in [3.63, 3.8) is 0 Å². The van der Waals surface area contributed by atoms with Gasteiger partial charge in [0, 0.05) is 30.7 Å². The number of aromatic nitrogens is 3. The van der Waals surface area contributed by atoms with Crippen LogP contribution in [-0.4, -0.2) is 30.6 Å². The maximum Gasteiger partial charge on any atom is 0.347 e. The van der Waals surface area contributed by atoms with Crippen LogP contribution in [0, 0.1) is 0 Å². The minimum absolute atomic E-state index is 0.138. The first-order valence-corrected chi connectivity index (χ1v) is 10.4. The Morgan fingerprint density at radius 2 is 1.97 bits per heavy atom. The summed E-state index contributed by atoms with van der Waals surface area (Å²) in [5.41, 5.74) is 0.480. The number of aliphatic hydroxyl groups is 1. The Morgan fingerprint density at radius 3 is 2.67 bits per heavy atom. The SMILES string of the molecule is Cn1c(=O)n2n(c1=O)[C@@H]1CC3=C(C(=O)C(I)=CC3=O)[C@@H](c3ccc(CO)o3)C1=CC2. The zero-order chi connectivity index (χ0) is 21.3. The molecule has 2 aromatic rings. The summed E-state index contributed by atoms with van der Waals surface area (Å²) in [7, 11) is 1.41. The normalized spacial score (nSPS) is 23.0. The van der Waals surface area contributed by atoms with E-state index in [0.29, 0.717) is 26.2 Å². The quantitative estimate of drug-likeness (QED) is 0.356. The van der Waals surface area contributed by atoms with E-state index in [0.717, 1.165) is 10.1 Å². The highest BCUT2D eigenvalue weighted by molar-refractivity contribution is 14.1. The van der Waals surface area contributed by atoms with Crippen molar-refractivity contribution in [1.82, 2.24) is 13.9 Å². The molecule has 0 aromatic carbocycles. The Hall–Kier alpha value is -2.73. The van der Waals surface area contributed by atoms with Gasteiger partial charge in [0.15, 0.2) is 11.6 Å². The number of hydrogen-bond donors (Lipinski definition) is 1. The van der Waals surface area contributed by atoms with Crippen LogP contribution in [0.4, 0.5) is 0 Å². The van der Waals surface area contributed by atoms with Gasteiger partial charge < -0.3 is 9.52 Å². The molecule has 0 spiro atoms. The van der Waals surface area contributed by atoms with Gasteiger partial charge in [0.2, 0.25) is 0 Å². The fraction of sp³-hybridized carbons (Fsp3) is 0.300. The number of hydrogen-bond acceptors (Lipinski definition) is 6. The van der Waals surface area contributed by atoms with Gasteiger partial charge in [-0.15, -0.1) is 0 Å². The molecule has 0 bridgehead atoms. The summed E-state index contributed by atoms with van der Waals surface area (Å²) in [5, 5.41) is 9.41. The largest absolute Gasteiger partial charge is 0.463 e. The standard InChI is InChI=1S/C20H16IN3O6/c1-22-19(28)23-5-4-10-13(24(23)20(22)29)6-11-14(26)7-12(21)18(27)17(11)16(10)15-3-2-9(8-25)30-15/h2-4,7,13,16,25H,5-6,8H2,1H3/t13-,16-/m1/s1. The van der Waals surface area contributed by atoms with Crippen LogP contribution in [0.3, 0.4) is 0 Å². The molecule has 1 aliphatic heterocycles. The summed E-state index contributed by atoms with van der Waals surface area (Å²) in [6.45, 7) is -0.133. The van der Waals surface area contributed by atoms with Gasteiger partial charge in [-0.3, -0.25) is 9.59 Å². The van der Waals surface area contributed by atoms with Crippen LogP contribution >= 0.6 is 22.6 Å². The molecule has 0 unspecified atom stereocenters. The molecular weight excluding hydrogens is 505 g/mol. The number of carbonyl (C=O) groups excluding carboxylic acids is 2. The van der Waals surface area contributed by atoms with Gasteiger partial charge in [0.25, 0.3) is 0 Å². The van der Waals surface area contributed by atoms with E-state index in [2.05, 4.69) is 0 Å². The minimum atomic E-state index is -0.676. The number of aliphatic hydroxyl groups excluding tert-OH is 1. The van der Waals surface area contributed by atoms with Crippen molar-refractivity contribution in [2.75, 3.05) is 0 Å². The molecule has 5 rings (SSSR count). The van der Waals surface area contributed by atoms with Gasteiger partial charge in [-0.05, 0) is 40.3 Å². The van der Waals surface area contributed by atoms with Crippen LogP contribution in [0.15, 0.2) is 58.6 Å². The van der Waals surface area contributed by atoms with E-state index in [9.17, 15) is 24.3 Å². The van der Waals surface area contributed by atoms with E-state index in [-0.39, 0.29) is 31.1 Å². The van der Waals surface area contributed by atoms with Gasteiger partial charge in [-0.1, -0.05) is 6.08 Å². The van der Waals surface area contributed by atoms with Crippen molar-refractivity contribution in [1.29, 1.82) is 0 Å². The summed E-state index contributed by atoms with van der Waals surface area (Å²) >= 11 is 1.85. The highest BCUT2D eigenvalue weighted by atomic mass is 127. The molecule has 0 amide bonds. The molecule has 3 heterocycles. The third-order valence-corrected chi connectivity index (χ3v) is 6.72. The van der Waals surface area contributed by atoms with E-state index in [1.165, 1.54) is 22.5 Å². The molecule has 154 valence electrons. The summed E-state index contributed by atoms with van der Waals surface area (Å²) in [6.07, 6.45) is 3.27. The number of rotatable bonds is 2. The van der Waals surface area contributed by atoms with Crippen molar-refractivity contribution < 1.29 is 19.1 Å². The zero-order valence-electron chi connectivity index (χ0n) is 15.8. The van der Waals surface area contributed by atoms with Crippen LogP contribution in [-0.2, 0) is 29.8 Å². The molecule has 30 heavy (non-hydrogen) atoms. The van der Waals surface area contributed by atoms with Crippen LogP contribution in [0.5, 0.6) is 0 Å². The first kappa shape index (κ1) is 19.2. The molecule has 9 nitrogen and oxygen atoms in total. The van der Waals surface area contributed by atoms with Gasteiger partial charge >= 0.3 is 11.4 Å². The van der Waals surface area contributed by atoms with E-state index < -0.39 is 23.3 Å². The monoisotopic (exact) mass is 521 g/mol. The van der Waals surface area contributed by atoms with E-state index in [1.54, 1.807) is 12.1 Å². The van der Waals surface area contributed by atoms with Crippen molar-refractivity contribution in [3.8, 4) is 0 Å². The Bertz CT molecular complexity index is 1350. The molecule has 0 saturated carbocycles. The Labute approximate surface area is 182 Å². The van der Waals surface area contributed by atoms with Crippen molar-refractivity contribution in [3.05, 3.63) is 77.1 Å². The molecule has 0 saturated heterocycles. The first-order chi connectivity index (χ1) is 14.3. The lowest BCUT2D eigenvalue weighted by Crippen LogP contribution is -2.40. The fourth-order valence-corrected chi connectivity index (χ4v) is 5.11. The average molecular weight is 521 g/mol. The molecule has 2 aliphatic carbocycles. The third kappa shape index (κ3) is 2.49. The van der Waals surface area contributed by atoms with E-state index >= 15 is 0 Å². The fourth-order valence-electron chi connectivity index (χ4n) is 4.54. The second kappa shape index (κ2) is 6.64. The highest BCUT2D eigenvalue weighted by Crippen LogP contribution is 2.50. The number of Topliss-reactive ketones (excluding diaryl/α,β-unsaturated/α-hetero) is 1. The van der Waals surface area contributed by atoms with Gasteiger partial charge in [0.1, 0.15) is 18.1 Å². The summed E-state index contributed by atoms with van der Waals surface area (Å²) in [4.78, 5) is 51.1. The number of halogens is 1. The zero-order valence-corrected chi connectivity index (χ0v) is 18.0. The lowest BCUT2D eigenvalue weighted by molar-refractivity contribution is -0.115. The van der Waals surface area contributed by atoms with Crippen LogP contribution in [0.2, 0.25) is 0 Å². The Balaban J connectivity index is 1.77. The number of furan rings is 1. The number of ketones is 2. The molecule has 10 heteroatoms. The van der Waals surface area contributed by atoms with E-state index in [1.807, 2.05) is 28.7 Å². The topological polar surface area (TPSA) is 116 Å².